The molecule has 8 heteroatoms. The topological polar surface area (TPSA) is 86.7 Å². The summed E-state index contributed by atoms with van der Waals surface area (Å²) in [5, 5.41) is 11.5. The molecule has 2 N–H and O–H groups in total. The van der Waals surface area contributed by atoms with Crippen molar-refractivity contribution in [2.75, 3.05) is 13.6 Å². The molecule has 0 spiro atoms. The number of nitrogens with one attached hydrogen (secondary N) is 1. The number of amides is 2. The normalized spacial score (nSPS) is 12.0. The number of carbonyl (C=O) groups is 3. The highest BCUT2D eigenvalue weighted by atomic mass is 79.9. The first kappa shape index (κ1) is 18.6. The lowest BCUT2D eigenvalue weighted by Crippen LogP contribution is -2.46. The van der Waals surface area contributed by atoms with Crippen molar-refractivity contribution in [2.45, 2.75) is 26.3 Å². The van der Waals surface area contributed by atoms with E-state index in [0.717, 1.165) is 3.79 Å². The molecule has 22 heavy (non-hydrogen) atoms. The van der Waals surface area contributed by atoms with E-state index in [9.17, 15) is 14.4 Å². The Balaban J connectivity index is 2.59. The van der Waals surface area contributed by atoms with Crippen LogP contribution < -0.4 is 5.32 Å². The molecular weight excluding hydrogens is 372 g/mol. The molecule has 0 aliphatic rings. The number of halogens is 1. The second-order valence-electron chi connectivity index (χ2n) is 5.35. The maximum Gasteiger partial charge on any atom is 0.326 e. The fraction of sp³-hybridized carbons (Fsp3) is 0.500. The lowest BCUT2D eigenvalue weighted by molar-refractivity contribution is -0.142. The van der Waals surface area contributed by atoms with Gasteiger partial charge < -0.3 is 15.3 Å². The lowest BCUT2D eigenvalue weighted by atomic mass is 10.0. The summed E-state index contributed by atoms with van der Waals surface area (Å²) in [6.45, 7) is 3.58. The Morgan fingerprint density at radius 3 is 2.45 bits per heavy atom. The van der Waals surface area contributed by atoms with E-state index >= 15 is 0 Å². The first-order chi connectivity index (χ1) is 10.2. The van der Waals surface area contributed by atoms with E-state index in [4.69, 9.17) is 5.11 Å². The van der Waals surface area contributed by atoms with E-state index in [0.29, 0.717) is 11.3 Å². The van der Waals surface area contributed by atoms with Crippen LogP contribution in [-0.4, -0.2) is 47.4 Å². The highest BCUT2D eigenvalue weighted by Crippen LogP contribution is 2.22. The van der Waals surface area contributed by atoms with E-state index in [1.165, 1.54) is 23.3 Å². The van der Waals surface area contributed by atoms with Crippen LogP contribution in [0.25, 0.3) is 0 Å². The molecule has 1 aromatic heterocycles. The number of likely N-dealkylation sites (N-methyl/N-ethyl adjacent to an activating group) is 1. The molecule has 0 aromatic carbocycles. The van der Waals surface area contributed by atoms with Crippen molar-refractivity contribution < 1.29 is 19.5 Å². The van der Waals surface area contributed by atoms with E-state index in [1.54, 1.807) is 12.1 Å². The molecule has 0 saturated heterocycles. The van der Waals surface area contributed by atoms with Crippen molar-refractivity contribution in [3.8, 4) is 0 Å². The molecule has 1 rings (SSSR count). The van der Waals surface area contributed by atoms with Gasteiger partial charge in [0.25, 0.3) is 5.91 Å². The highest BCUT2D eigenvalue weighted by molar-refractivity contribution is 9.11. The lowest BCUT2D eigenvalue weighted by Gasteiger charge is -2.20. The second kappa shape index (κ2) is 8.28. The van der Waals surface area contributed by atoms with Crippen LogP contribution in [0.3, 0.4) is 0 Å². The number of rotatable bonds is 7. The number of thiophene rings is 1. The number of carboxylic acid groups (broad SMARTS) is 1. The standard InChI is InChI=1S/C14H19BrN2O4S/c1-8(2)6-9(14(20)21)16-12(18)7-17(3)13(19)10-4-5-11(15)22-10/h4-5,8-9H,6-7H2,1-3H3,(H,16,18)(H,20,21). The minimum Gasteiger partial charge on any atom is -0.480 e. The summed E-state index contributed by atoms with van der Waals surface area (Å²) in [4.78, 5) is 36.9. The molecule has 0 aliphatic carbocycles. The Morgan fingerprint density at radius 1 is 1.36 bits per heavy atom. The smallest absolute Gasteiger partial charge is 0.326 e. The third-order valence-electron chi connectivity index (χ3n) is 2.85. The molecule has 0 bridgehead atoms. The van der Waals surface area contributed by atoms with Gasteiger partial charge in [-0.05, 0) is 40.4 Å². The Morgan fingerprint density at radius 2 is 2.00 bits per heavy atom. The fourth-order valence-electron chi connectivity index (χ4n) is 1.84. The monoisotopic (exact) mass is 390 g/mol. The Hall–Kier alpha value is -1.41. The SMILES string of the molecule is CC(C)CC(NC(=O)CN(C)C(=O)c1ccc(Br)s1)C(=O)O. The van der Waals surface area contributed by atoms with Gasteiger partial charge in [0.05, 0.1) is 15.2 Å². The van der Waals surface area contributed by atoms with Crippen LogP contribution in [0.1, 0.15) is 29.9 Å². The molecule has 2 amide bonds. The second-order valence-corrected chi connectivity index (χ2v) is 7.82. The van der Waals surface area contributed by atoms with Gasteiger partial charge in [-0.15, -0.1) is 11.3 Å². The van der Waals surface area contributed by atoms with E-state index < -0.39 is 17.9 Å². The van der Waals surface area contributed by atoms with Gasteiger partial charge in [-0.2, -0.15) is 0 Å². The Labute approximate surface area is 141 Å². The van der Waals surface area contributed by atoms with Crippen LogP contribution >= 0.6 is 27.3 Å². The third kappa shape index (κ3) is 5.76. The summed E-state index contributed by atoms with van der Waals surface area (Å²) in [5.74, 6) is -1.69. The average Bonchev–Trinajstić information content (AvgIpc) is 2.82. The van der Waals surface area contributed by atoms with Crippen molar-refractivity contribution in [3.63, 3.8) is 0 Å². The first-order valence-corrected chi connectivity index (χ1v) is 8.34. The van der Waals surface area contributed by atoms with Crippen molar-refractivity contribution in [1.82, 2.24) is 10.2 Å². The molecule has 1 unspecified atom stereocenters. The quantitative estimate of drug-likeness (QED) is 0.746. The molecule has 1 aromatic rings. The van der Waals surface area contributed by atoms with Gasteiger partial charge in [0.15, 0.2) is 0 Å². The Bertz CT molecular complexity index is 559. The summed E-state index contributed by atoms with van der Waals surface area (Å²) >= 11 is 4.55. The Kier molecular flexibility index (Phi) is 7.02. The van der Waals surface area contributed by atoms with Crippen LogP contribution in [0.15, 0.2) is 15.9 Å². The minimum absolute atomic E-state index is 0.143. The summed E-state index contributed by atoms with van der Waals surface area (Å²) in [7, 11) is 1.51. The summed E-state index contributed by atoms with van der Waals surface area (Å²) in [5.41, 5.74) is 0. The molecule has 0 radical (unpaired) electrons. The maximum absolute atomic E-state index is 12.1. The molecular formula is C14H19BrN2O4S. The minimum atomic E-state index is -1.07. The summed E-state index contributed by atoms with van der Waals surface area (Å²) in [6.07, 6.45) is 0.344. The van der Waals surface area contributed by atoms with Gasteiger partial charge in [0, 0.05) is 7.05 Å². The summed E-state index contributed by atoms with van der Waals surface area (Å²) < 4.78 is 0.830. The average molecular weight is 391 g/mol. The van der Waals surface area contributed by atoms with Gasteiger partial charge in [0.2, 0.25) is 5.91 Å². The van der Waals surface area contributed by atoms with Crippen LogP contribution in [0.2, 0.25) is 0 Å². The first-order valence-electron chi connectivity index (χ1n) is 6.73. The molecule has 0 fully saturated rings. The predicted octanol–water partition coefficient (Wildman–Crippen LogP) is 2.20. The number of hydrogen-bond acceptors (Lipinski definition) is 4. The van der Waals surface area contributed by atoms with Crippen molar-refractivity contribution in [2.24, 2.45) is 5.92 Å². The van der Waals surface area contributed by atoms with Gasteiger partial charge in [-0.1, -0.05) is 13.8 Å². The fourth-order valence-corrected chi connectivity index (χ4v) is 3.22. The third-order valence-corrected chi connectivity index (χ3v) is 4.46. The van der Waals surface area contributed by atoms with E-state index in [2.05, 4.69) is 21.2 Å². The zero-order valence-corrected chi connectivity index (χ0v) is 15.0. The van der Waals surface area contributed by atoms with E-state index in [-0.39, 0.29) is 18.4 Å². The van der Waals surface area contributed by atoms with Crippen molar-refractivity contribution >= 4 is 45.1 Å². The number of aliphatic carboxylic acids is 1. The predicted molar refractivity (Wildman–Crippen MR) is 88.0 cm³/mol. The number of carboxylic acids is 1. The van der Waals surface area contributed by atoms with Crippen molar-refractivity contribution in [1.29, 1.82) is 0 Å². The maximum atomic E-state index is 12.1. The number of nitrogens with zero attached hydrogens (tertiary/aromatic N) is 1. The van der Waals surface area contributed by atoms with Crippen LogP contribution in [0.5, 0.6) is 0 Å². The number of hydrogen-bond donors (Lipinski definition) is 2. The summed E-state index contributed by atoms with van der Waals surface area (Å²) in [6, 6.07) is 2.49. The molecule has 0 aliphatic heterocycles. The van der Waals surface area contributed by atoms with Crippen molar-refractivity contribution in [3.05, 3.63) is 20.8 Å². The molecule has 6 nitrogen and oxygen atoms in total. The van der Waals surface area contributed by atoms with Gasteiger partial charge in [-0.25, -0.2) is 4.79 Å². The van der Waals surface area contributed by atoms with Gasteiger partial charge >= 0.3 is 5.97 Å². The van der Waals surface area contributed by atoms with Gasteiger partial charge in [-0.3, -0.25) is 9.59 Å². The molecule has 0 saturated carbocycles. The number of carbonyl (C=O) groups excluding carboxylic acids is 2. The molecule has 122 valence electrons. The van der Waals surface area contributed by atoms with Crippen LogP contribution in [-0.2, 0) is 9.59 Å². The molecule has 1 atom stereocenters. The van der Waals surface area contributed by atoms with Crippen LogP contribution in [0, 0.1) is 5.92 Å². The van der Waals surface area contributed by atoms with E-state index in [1.807, 2.05) is 13.8 Å². The van der Waals surface area contributed by atoms with Gasteiger partial charge in [0.1, 0.15) is 6.04 Å². The van der Waals surface area contributed by atoms with Crippen LogP contribution in [0.4, 0.5) is 0 Å². The zero-order valence-electron chi connectivity index (χ0n) is 12.6. The highest BCUT2D eigenvalue weighted by Gasteiger charge is 2.23. The zero-order chi connectivity index (χ0) is 16.9. The largest absolute Gasteiger partial charge is 0.480 e. The molecule has 1 heterocycles.